The Kier molecular flexibility index (Phi) is 7.64. The molecule has 0 amide bonds. The van der Waals surface area contributed by atoms with Gasteiger partial charge in [-0.25, -0.2) is 0 Å². The third-order valence-electron chi connectivity index (χ3n) is 2.33. The van der Waals surface area contributed by atoms with Crippen LogP contribution in [0.2, 0.25) is 0 Å². The molecule has 73 valence electrons. The summed E-state index contributed by atoms with van der Waals surface area (Å²) in [4.78, 5) is 0. The lowest BCUT2D eigenvalue weighted by molar-refractivity contribution is 0.509. The summed E-state index contributed by atoms with van der Waals surface area (Å²) >= 11 is 0. The summed E-state index contributed by atoms with van der Waals surface area (Å²) in [7, 11) is 0. The highest BCUT2D eigenvalue weighted by atomic mass is 14.1. The van der Waals surface area contributed by atoms with E-state index >= 15 is 0 Å². The standard InChI is InChI=1S/C12H25/c1-5-6-9-12(4)10-7-8-11(2)3/h10-12H,5-9H2,1-4H3. The highest BCUT2D eigenvalue weighted by Gasteiger charge is 2.02. The number of unbranched alkanes of at least 4 members (excludes halogenated alkanes) is 1. The van der Waals surface area contributed by atoms with Gasteiger partial charge in [0.25, 0.3) is 0 Å². The van der Waals surface area contributed by atoms with Crippen molar-refractivity contribution in [2.45, 2.75) is 59.8 Å². The third-order valence-corrected chi connectivity index (χ3v) is 2.33. The fourth-order valence-electron chi connectivity index (χ4n) is 1.36. The summed E-state index contributed by atoms with van der Waals surface area (Å²) in [5, 5.41) is 0. The first-order valence-corrected chi connectivity index (χ1v) is 5.50. The van der Waals surface area contributed by atoms with Gasteiger partial charge in [-0.15, -0.1) is 0 Å². The van der Waals surface area contributed by atoms with E-state index in [1.165, 1.54) is 32.1 Å². The van der Waals surface area contributed by atoms with Crippen molar-refractivity contribution in [3.63, 3.8) is 0 Å². The molecule has 0 bridgehead atoms. The van der Waals surface area contributed by atoms with Crippen molar-refractivity contribution in [2.75, 3.05) is 0 Å². The summed E-state index contributed by atoms with van der Waals surface area (Å²) in [6.45, 7) is 9.20. The van der Waals surface area contributed by atoms with E-state index in [0.717, 1.165) is 11.8 Å². The van der Waals surface area contributed by atoms with Crippen molar-refractivity contribution < 1.29 is 0 Å². The Labute approximate surface area is 78.8 Å². The Morgan fingerprint density at radius 3 is 2.25 bits per heavy atom. The van der Waals surface area contributed by atoms with Gasteiger partial charge in [-0.05, 0) is 24.7 Å². The van der Waals surface area contributed by atoms with Crippen LogP contribution in [0.3, 0.4) is 0 Å². The summed E-state index contributed by atoms with van der Waals surface area (Å²) in [5.41, 5.74) is 0. The van der Waals surface area contributed by atoms with Crippen LogP contribution in [0.5, 0.6) is 0 Å². The minimum atomic E-state index is 0.837. The molecule has 0 heteroatoms. The molecule has 0 saturated heterocycles. The summed E-state index contributed by atoms with van der Waals surface area (Å²) in [6, 6.07) is 0. The van der Waals surface area contributed by atoms with Crippen molar-refractivity contribution in [3.05, 3.63) is 6.42 Å². The monoisotopic (exact) mass is 169 g/mol. The maximum Gasteiger partial charge on any atom is -0.0357 e. The van der Waals surface area contributed by atoms with Gasteiger partial charge >= 0.3 is 0 Å². The van der Waals surface area contributed by atoms with Crippen LogP contribution in [0.15, 0.2) is 0 Å². The second-order valence-electron chi connectivity index (χ2n) is 4.33. The van der Waals surface area contributed by atoms with Gasteiger partial charge in [-0.2, -0.15) is 0 Å². The topological polar surface area (TPSA) is 0 Å². The van der Waals surface area contributed by atoms with Crippen LogP contribution >= 0.6 is 0 Å². The molecule has 1 atom stereocenters. The first kappa shape index (κ1) is 12.0. The molecule has 0 aromatic heterocycles. The van der Waals surface area contributed by atoms with Gasteiger partial charge < -0.3 is 0 Å². The average molecular weight is 169 g/mol. The van der Waals surface area contributed by atoms with E-state index in [2.05, 4.69) is 34.1 Å². The van der Waals surface area contributed by atoms with E-state index in [0.29, 0.717) is 0 Å². The Bertz CT molecular complexity index is 84.0. The Morgan fingerprint density at radius 1 is 1.08 bits per heavy atom. The van der Waals surface area contributed by atoms with Gasteiger partial charge in [0.2, 0.25) is 0 Å². The fraction of sp³-hybridized carbons (Fsp3) is 0.917. The smallest absolute Gasteiger partial charge is 0.0357 e. The fourth-order valence-corrected chi connectivity index (χ4v) is 1.36. The molecule has 0 N–H and O–H groups in total. The Morgan fingerprint density at radius 2 is 1.75 bits per heavy atom. The Hall–Kier alpha value is 0. The van der Waals surface area contributed by atoms with Crippen LogP contribution in [0.4, 0.5) is 0 Å². The van der Waals surface area contributed by atoms with Gasteiger partial charge in [-0.3, -0.25) is 0 Å². The predicted octanol–water partition coefficient (Wildman–Crippen LogP) is 4.45. The van der Waals surface area contributed by atoms with Gasteiger partial charge in [0.1, 0.15) is 0 Å². The molecule has 0 saturated carbocycles. The van der Waals surface area contributed by atoms with Crippen LogP contribution in [0.1, 0.15) is 59.8 Å². The first-order chi connectivity index (χ1) is 5.66. The SMILES string of the molecule is CCCCC(C)[CH]CCC(C)C. The summed E-state index contributed by atoms with van der Waals surface area (Å²) in [5.74, 6) is 1.70. The highest BCUT2D eigenvalue weighted by Crippen LogP contribution is 2.15. The molecule has 0 aliphatic heterocycles. The van der Waals surface area contributed by atoms with E-state index in [4.69, 9.17) is 0 Å². The van der Waals surface area contributed by atoms with E-state index < -0.39 is 0 Å². The molecule has 0 nitrogen and oxygen atoms in total. The van der Waals surface area contributed by atoms with Crippen molar-refractivity contribution in [1.82, 2.24) is 0 Å². The molecule has 0 aromatic carbocycles. The lowest BCUT2D eigenvalue weighted by Gasteiger charge is -2.10. The molecule has 0 fully saturated rings. The zero-order valence-corrected chi connectivity index (χ0v) is 9.27. The van der Waals surface area contributed by atoms with Crippen LogP contribution in [-0.4, -0.2) is 0 Å². The molecule has 0 aromatic rings. The second kappa shape index (κ2) is 7.64. The molecule has 0 aliphatic rings. The Balaban J connectivity index is 3.13. The van der Waals surface area contributed by atoms with E-state index in [1.807, 2.05) is 0 Å². The van der Waals surface area contributed by atoms with Crippen LogP contribution in [0, 0.1) is 18.3 Å². The molecule has 0 rings (SSSR count). The largest absolute Gasteiger partial charge is 0.0654 e. The zero-order valence-electron chi connectivity index (χ0n) is 9.27. The van der Waals surface area contributed by atoms with Crippen LogP contribution < -0.4 is 0 Å². The maximum absolute atomic E-state index is 2.50. The van der Waals surface area contributed by atoms with Crippen molar-refractivity contribution in [1.29, 1.82) is 0 Å². The molecule has 12 heavy (non-hydrogen) atoms. The predicted molar refractivity (Wildman–Crippen MR) is 57.1 cm³/mol. The number of hydrogen-bond donors (Lipinski definition) is 0. The van der Waals surface area contributed by atoms with E-state index in [9.17, 15) is 0 Å². The third kappa shape index (κ3) is 8.10. The molecular formula is C12H25. The van der Waals surface area contributed by atoms with Gasteiger partial charge in [0.05, 0.1) is 0 Å². The number of rotatable bonds is 7. The van der Waals surface area contributed by atoms with Crippen LogP contribution in [0.25, 0.3) is 0 Å². The van der Waals surface area contributed by atoms with Crippen LogP contribution in [-0.2, 0) is 0 Å². The molecule has 0 heterocycles. The van der Waals surface area contributed by atoms with E-state index in [1.54, 1.807) is 0 Å². The molecule has 1 unspecified atom stereocenters. The highest BCUT2D eigenvalue weighted by molar-refractivity contribution is 4.72. The van der Waals surface area contributed by atoms with Gasteiger partial charge in [-0.1, -0.05) is 53.4 Å². The lowest BCUT2D eigenvalue weighted by Crippen LogP contribution is -1.97. The lowest BCUT2D eigenvalue weighted by atomic mass is 9.96. The van der Waals surface area contributed by atoms with Gasteiger partial charge in [0, 0.05) is 0 Å². The van der Waals surface area contributed by atoms with Crippen molar-refractivity contribution in [2.24, 2.45) is 11.8 Å². The first-order valence-electron chi connectivity index (χ1n) is 5.50. The maximum atomic E-state index is 2.50. The average Bonchev–Trinajstić information content (AvgIpc) is 2.00. The summed E-state index contributed by atoms with van der Waals surface area (Å²) in [6.07, 6.45) is 9.27. The molecular weight excluding hydrogens is 144 g/mol. The van der Waals surface area contributed by atoms with Crippen molar-refractivity contribution in [3.8, 4) is 0 Å². The molecule has 0 spiro atoms. The van der Waals surface area contributed by atoms with E-state index in [-0.39, 0.29) is 0 Å². The molecule has 1 radical (unpaired) electrons. The quantitative estimate of drug-likeness (QED) is 0.528. The number of hydrogen-bond acceptors (Lipinski definition) is 0. The van der Waals surface area contributed by atoms with Gasteiger partial charge in [0.15, 0.2) is 0 Å². The zero-order chi connectivity index (χ0) is 9.40. The minimum Gasteiger partial charge on any atom is -0.0654 e. The minimum absolute atomic E-state index is 0.837. The second-order valence-corrected chi connectivity index (χ2v) is 4.33. The summed E-state index contributed by atoms with van der Waals surface area (Å²) < 4.78 is 0. The van der Waals surface area contributed by atoms with Crippen molar-refractivity contribution >= 4 is 0 Å². The normalized spacial score (nSPS) is 13.8. The molecule has 0 aliphatic carbocycles.